The third-order valence-corrected chi connectivity index (χ3v) is 3.47. The summed E-state index contributed by atoms with van der Waals surface area (Å²) in [5.41, 5.74) is 5.39. The van der Waals surface area contributed by atoms with Gasteiger partial charge < -0.3 is 5.73 Å². The van der Waals surface area contributed by atoms with Crippen molar-refractivity contribution in [2.45, 2.75) is 19.1 Å². The summed E-state index contributed by atoms with van der Waals surface area (Å²) in [6.07, 6.45) is -4.38. The second-order valence-corrected chi connectivity index (χ2v) is 4.79. The lowest BCUT2D eigenvalue weighted by Gasteiger charge is -2.10. The van der Waals surface area contributed by atoms with E-state index in [-0.39, 0.29) is 11.6 Å². The molecule has 2 N–H and O–H groups in total. The zero-order chi connectivity index (χ0) is 13.3. The molecule has 0 aliphatic carbocycles. The highest BCUT2D eigenvalue weighted by Gasteiger charge is 2.33. The smallest absolute Gasteiger partial charge is 0.322 e. The molecular weight excluding hydrogens is 261 g/mol. The van der Waals surface area contributed by atoms with Gasteiger partial charge in [0.15, 0.2) is 0 Å². The van der Waals surface area contributed by atoms with E-state index >= 15 is 0 Å². The topological polar surface area (TPSA) is 38.9 Å². The molecular formula is C12H11F3N2S. The number of benzene rings is 1. The van der Waals surface area contributed by atoms with Gasteiger partial charge in [-0.15, -0.1) is 11.3 Å². The van der Waals surface area contributed by atoms with Crippen molar-refractivity contribution >= 4 is 11.3 Å². The number of alkyl halides is 3. The highest BCUT2D eigenvalue weighted by atomic mass is 32.1. The Balaban J connectivity index is 2.50. The Labute approximate surface area is 106 Å². The van der Waals surface area contributed by atoms with Gasteiger partial charge in [-0.1, -0.05) is 18.2 Å². The molecule has 2 rings (SSSR count). The lowest BCUT2D eigenvalue weighted by Crippen LogP contribution is -2.07. The number of thiazole rings is 1. The lowest BCUT2D eigenvalue weighted by molar-refractivity contribution is -0.137. The van der Waals surface area contributed by atoms with Crippen LogP contribution >= 0.6 is 11.3 Å². The van der Waals surface area contributed by atoms with Gasteiger partial charge in [-0.3, -0.25) is 0 Å². The first-order valence-corrected chi connectivity index (χ1v) is 6.15. The number of nitrogens with zero attached hydrogens (tertiary/aromatic N) is 1. The van der Waals surface area contributed by atoms with Crippen molar-refractivity contribution in [3.8, 4) is 11.3 Å². The van der Waals surface area contributed by atoms with Crippen LogP contribution in [-0.4, -0.2) is 4.98 Å². The van der Waals surface area contributed by atoms with Crippen molar-refractivity contribution in [3.63, 3.8) is 0 Å². The Kier molecular flexibility index (Phi) is 3.41. The van der Waals surface area contributed by atoms with E-state index in [0.717, 1.165) is 6.07 Å². The van der Waals surface area contributed by atoms with E-state index in [9.17, 15) is 13.2 Å². The number of halogens is 3. The quantitative estimate of drug-likeness (QED) is 0.901. The number of nitrogens with two attached hydrogens (primary N) is 1. The highest BCUT2D eigenvalue weighted by molar-refractivity contribution is 7.10. The van der Waals surface area contributed by atoms with Gasteiger partial charge in [0.25, 0.3) is 0 Å². The minimum atomic E-state index is -4.38. The fraction of sp³-hybridized carbons (Fsp3) is 0.250. The van der Waals surface area contributed by atoms with Crippen LogP contribution in [0.5, 0.6) is 0 Å². The van der Waals surface area contributed by atoms with Crippen LogP contribution in [0.1, 0.15) is 23.5 Å². The molecule has 0 amide bonds. The monoisotopic (exact) mass is 272 g/mol. The third-order valence-electron chi connectivity index (χ3n) is 2.42. The molecule has 0 radical (unpaired) electrons. The fourth-order valence-electron chi connectivity index (χ4n) is 1.57. The molecule has 18 heavy (non-hydrogen) atoms. The van der Waals surface area contributed by atoms with Crippen molar-refractivity contribution in [1.82, 2.24) is 4.98 Å². The molecule has 96 valence electrons. The Bertz CT molecular complexity index is 546. The summed E-state index contributed by atoms with van der Waals surface area (Å²) in [6, 6.07) is 5.13. The number of rotatable bonds is 2. The molecule has 0 fully saturated rings. The molecule has 0 aliphatic rings. The first-order valence-electron chi connectivity index (χ1n) is 5.27. The van der Waals surface area contributed by atoms with Crippen molar-refractivity contribution in [3.05, 3.63) is 40.2 Å². The lowest BCUT2D eigenvalue weighted by atomic mass is 10.1. The average molecular weight is 272 g/mol. The van der Waals surface area contributed by atoms with Crippen molar-refractivity contribution in [1.29, 1.82) is 0 Å². The first kappa shape index (κ1) is 13.0. The van der Waals surface area contributed by atoms with Gasteiger partial charge in [0.1, 0.15) is 5.01 Å². The van der Waals surface area contributed by atoms with Crippen LogP contribution in [-0.2, 0) is 6.18 Å². The minimum absolute atomic E-state index is 0.0909. The number of hydrogen-bond acceptors (Lipinski definition) is 3. The molecule has 0 aliphatic heterocycles. The molecule has 1 unspecified atom stereocenters. The predicted molar refractivity (Wildman–Crippen MR) is 65.2 cm³/mol. The van der Waals surface area contributed by atoms with E-state index in [4.69, 9.17) is 5.73 Å². The minimum Gasteiger partial charge on any atom is -0.322 e. The van der Waals surface area contributed by atoms with E-state index < -0.39 is 11.7 Å². The molecule has 1 atom stereocenters. The Morgan fingerprint density at radius 1 is 1.28 bits per heavy atom. The van der Waals surface area contributed by atoms with E-state index in [2.05, 4.69) is 4.98 Å². The van der Waals surface area contributed by atoms with Crippen LogP contribution in [0.25, 0.3) is 11.3 Å². The van der Waals surface area contributed by atoms with Gasteiger partial charge in [0.05, 0.1) is 17.3 Å². The summed E-state index contributed by atoms with van der Waals surface area (Å²) in [6.45, 7) is 1.75. The van der Waals surface area contributed by atoms with Crippen LogP contribution in [0.3, 0.4) is 0 Å². The van der Waals surface area contributed by atoms with Crippen LogP contribution in [0.15, 0.2) is 29.6 Å². The molecule has 2 aromatic rings. The normalized spacial score (nSPS) is 13.6. The van der Waals surface area contributed by atoms with Crippen LogP contribution in [0.2, 0.25) is 0 Å². The molecule has 6 heteroatoms. The summed E-state index contributed by atoms with van der Waals surface area (Å²) in [7, 11) is 0. The maximum absolute atomic E-state index is 12.9. The van der Waals surface area contributed by atoms with Gasteiger partial charge in [-0.2, -0.15) is 13.2 Å². The summed E-state index contributed by atoms with van der Waals surface area (Å²) >= 11 is 1.27. The molecule has 2 nitrogen and oxygen atoms in total. The maximum Gasteiger partial charge on any atom is 0.417 e. The maximum atomic E-state index is 12.9. The largest absolute Gasteiger partial charge is 0.417 e. The molecule has 0 saturated heterocycles. The summed E-state index contributed by atoms with van der Waals surface area (Å²) in [4.78, 5) is 4.15. The van der Waals surface area contributed by atoms with Gasteiger partial charge in [-0.25, -0.2) is 4.98 Å². The van der Waals surface area contributed by atoms with E-state index in [1.54, 1.807) is 18.4 Å². The second kappa shape index (κ2) is 4.70. The Morgan fingerprint density at radius 3 is 2.50 bits per heavy atom. The van der Waals surface area contributed by atoms with Crippen molar-refractivity contribution < 1.29 is 13.2 Å². The van der Waals surface area contributed by atoms with Gasteiger partial charge in [0, 0.05) is 10.9 Å². The van der Waals surface area contributed by atoms with Crippen molar-refractivity contribution in [2.24, 2.45) is 5.73 Å². The molecule has 0 bridgehead atoms. The predicted octanol–water partition coefficient (Wildman–Crippen LogP) is 3.85. The SMILES string of the molecule is CC(N)c1nc(-c2ccccc2C(F)(F)F)cs1. The molecule has 1 aromatic carbocycles. The summed E-state index contributed by atoms with van der Waals surface area (Å²) in [5.74, 6) is 0. The first-order chi connectivity index (χ1) is 8.39. The molecule has 1 aromatic heterocycles. The number of aromatic nitrogens is 1. The van der Waals surface area contributed by atoms with Gasteiger partial charge in [0.2, 0.25) is 0 Å². The fourth-order valence-corrected chi connectivity index (χ4v) is 2.35. The second-order valence-electron chi connectivity index (χ2n) is 3.90. The van der Waals surface area contributed by atoms with Crippen LogP contribution < -0.4 is 5.73 Å². The zero-order valence-electron chi connectivity index (χ0n) is 9.53. The highest BCUT2D eigenvalue weighted by Crippen LogP contribution is 2.37. The van der Waals surface area contributed by atoms with E-state index in [1.807, 2.05) is 0 Å². The summed E-state index contributed by atoms with van der Waals surface area (Å²) in [5, 5.41) is 2.23. The van der Waals surface area contributed by atoms with Gasteiger partial charge in [-0.05, 0) is 13.0 Å². The third kappa shape index (κ3) is 2.54. The van der Waals surface area contributed by atoms with E-state index in [0.29, 0.717) is 10.7 Å². The van der Waals surface area contributed by atoms with Crippen LogP contribution in [0, 0.1) is 0 Å². The standard InChI is InChI=1S/C12H11F3N2S/c1-7(16)11-17-10(6-18-11)8-4-2-3-5-9(8)12(13,14)15/h2-7H,16H2,1H3. The Hall–Kier alpha value is -1.40. The molecule has 1 heterocycles. The van der Waals surface area contributed by atoms with Gasteiger partial charge >= 0.3 is 6.18 Å². The summed E-state index contributed by atoms with van der Waals surface area (Å²) < 4.78 is 38.6. The van der Waals surface area contributed by atoms with E-state index in [1.165, 1.54) is 23.5 Å². The Morgan fingerprint density at radius 2 is 1.94 bits per heavy atom. The molecule has 0 saturated carbocycles. The van der Waals surface area contributed by atoms with Crippen LogP contribution in [0.4, 0.5) is 13.2 Å². The number of hydrogen-bond donors (Lipinski definition) is 1. The molecule has 0 spiro atoms. The zero-order valence-corrected chi connectivity index (χ0v) is 10.3. The average Bonchev–Trinajstić information content (AvgIpc) is 2.77. The van der Waals surface area contributed by atoms with Crippen molar-refractivity contribution in [2.75, 3.05) is 0 Å².